The van der Waals surface area contributed by atoms with Crippen molar-refractivity contribution in [2.45, 2.75) is 51.0 Å². The molecule has 3 rings (SSSR count). The normalized spacial score (nSPS) is 34.1. The number of aromatic hydroxyl groups is 1. The minimum atomic E-state index is 0.290. The van der Waals surface area contributed by atoms with E-state index in [1.807, 2.05) is 12.1 Å². The largest absolute Gasteiger partial charge is 0.508 e. The zero-order valence-electron chi connectivity index (χ0n) is 12.3. The number of phenolic OH excluding ortho intramolecular Hbond substituents is 1. The summed E-state index contributed by atoms with van der Waals surface area (Å²) in [6.45, 7) is 5.89. The molecule has 1 aromatic carbocycles. The van der Waals surface area contributed by atoms with Gasteiger partial charge in [-0.25, -0.2) is 0 Å². The lowest BCUT2D eigenvalue weighted by Gasteiger charge is -2.55. The van der Waals surface area contributed by atoms with Crippen molar-refractivity contribution >= 4 is 0 Å². The van der Waals surface area contributed by atoms with Crippen LogP contribution in [0.3, 0.4) is 0 Å². The second-order valence-corrected chi connectivity index (χ2v) is 6.54. The van der Waals surface area contributed by atoms with E-state index in [0.717, 1.165) is 6.42 Å². The van der Waals surface area contributed by atoms with Crippen LogP contribution < -0.4 is 0 Å². The van der Waals surface area contributed by atoms with Gasteiger partial charge in [-0.3, -0.25) is 0 Å². The quantitative estimate of drug-likeness (QED) is 0.880. The van der Waals surface area contributed by atoms with Crippen LogP contribution >= 0.6 is 0 Å². The fraction of sp³-hybridized carbons (Fsp3) is 0.647. The van der Waals surface area contributed by atoms with E-state index in [-0.39, 0.29) is 5.41 Å². The summed E-state index contributed by atoms with van der Waals surface area (Å²) in [5.74, 6) is 1.11. The van der Waals surface area contributed by atoms with Crippen molar-refractivity contribution in [1.82, 2.24) is 4.90 Å². The van der Waals surface area contributed by atoms with Gasteiger partial charge >= 0.3 is 0 Å². The first-order valence-electron chi connectivity index (χ1n) is 7.61. The van der Waals surface area contributed by atoms with Crippen molar-refractivity contribution in [2.75, 3.05) is 13.6 Å². The summed E-state index contributed by atoms with van der Waals surface area (Å²) < 4.78 is 0. The van der Waals surface area contributed by atoms with Gasteiger partial charge in [0, 0.05) is 11.5 Å². The number of fused-ring (bicyclic) bond motifs is 4. The summed E-state index contributed by atoms with van der Waals surface area (Å²) in [6, 6.07) is 6.71. The van der Waals surface area contributed by atoms with E-state index < -0.39 is 0 Å². The Morgan fingerprint density at radius 3 is 2.95 bits per heavy atom. The summed E-state index contributed by atoms with van der Waals surface area (Å²) >= 11 is 0. The first-order valence-corrected chi connectivity index (χ1v) is 7.61. The maximum atomic E-state index is 9.90. The highest BCUT2D eigenvalue weighted by molar-refractivity contribution is 5.44. The van der Waals surface area contributed by atoms with Crippen LogP contribution in [-0.4, -0.2) is 29.6 Å². The lowest BCUT2D eigenvalue weighted by atomic mass is 9.56. The van der Waals surface area contributed by atoms with Crippen molar-refractivity contribution in [3.8, 4) is 5.75 Å². The number of likely N-dealkylation sites (N-methyl/N-ethyl adjacent to an activating group) is 1. The molecule has 1 aromatic rings. The predicted molar refractivity (Wildman–Crippen MR) is 78.6 cm³/mol. The van der Waals surface area contributed by atoms with E-state index in [9.17, 15) is 5.11 Å². The molecule has 0 aromatic heterocycles. The zero-order valence-corrected chi connectivity index (χ0v) is 12.3. The molecule has 0 spiro atoms. The SMILES string of the molecule is CCC[C@@]12CCN(C)[C@@H](Cc3ccc(O)cc31)[C@@H]2C. The second-order valence-electron chi connectivity index (χ2n) is 6.54. The molecule has 2 nitrogen and oxygen atoms in total. The van der Waals surface area contributed by atoms with Crippen LogP contribution in [0.2, 0.25) is 0 Å². The third-order valence-electron chi connectivity index (χ3n) is 5.68. The molecule has 1 saturated heterocycles. The van der Waals surface area contributed by atoms with Crippen molar-refractivity contribution in [3.05, 3.63) is 29.3 Å². The maximum Gasteiger partial charge on any atom is 0.115 e. The molecule has 3 atom stereocenters. The molecular formula is C17H25NO. The van der Waals surface area contributed by atoms with Crippen LogP contribution in [0, 0.1) is 5.92 Å². The van der Waals surface area contributed by atoms with E-state index in [1.165, 1.54) is 36.9 Å². The Balaban J connectivity index is 2.15. The molecule has 19 heavy (non-hydrogen) atoms. The number of phenols is 1. The van der Waals surface area contributed by atoms with Gasteiger partial charge in [-0.05, 0) is 62.0 Å². The van der Waals surface area contributed by atoms with Crippen LogP contribution in [0.15, 0.2) is 18.2 Å². The van der Waals surface area contributed by atoms with Crippen LogP contribution in [0.5, 0.6) is 5.75 Å². The van der Waals surface area contributed by atoms with E-state index >= 15 is 0 Å². The maximum absolute atomic E-state index is 9.90. The van der Waals surface area contributed by atoms with E-state index in [0.29, 0.717) is 17.7 Å². The Morgan fingerprint density at radius 1 is 1.42 bits per heavy atom. The summed E-state index contributed by atoms with van der Waals surface area (Å²) in [7, 11) is 2.27. The fourth-order valence-corrected chi connectivity index (χ4v) is 4.60. The fourth-order valence-electron chi connectivity index (χ4n) is 4.60. The molecule has 0 amide bonds. The molecule has 1 aliphatic carbocycles. The van der Waals surface area contributed by atoms with E-state index in [4.69, 9.17) is 0 Å². The first-order chi connectivity index (χ1) is 9.08. The lowest BCUT2D eigenvalue weighted by molar-refractivity contribution is 0.0354. The smallest absolute Gasteiger partial charge is 0.115 e. The third-order valence-corrected chi connectivity index (χ3v) is 5.68. The summed E-state index contributed by atoms with van der Waals surface area (Å²) in [6.07, 6.45) is 4.83. The summed E-state index contributed by atoms with van der Waals surface area (Å²) in [4.78, 5) is 2.54. The van der Waals surface area contributed by atoms with Crippen molar-refractivity contribution in [2.24, 2.45) is 5.92 Å². The zero-order chi connectivity index (χ0) is 13.6. The van der Waals surface area contributed by atoms with Gasteiger partial charge in [-0.1, -0.05) is 26.3 Å². The Kier molecular flexibility index (Phi) is 3.09. The molecule has 2 heteroatoms. The number of benzene rings is 1. The first kappa shape index (κ1) is 13.0. The molecule has 1 aliphatic heterocycles. The topological polar surface area (TPSA) is 23.5 Å². The highest BCUT2D eigenvalue weighted by atomic mass is 16.3. The van der Waals surface area contributed by atoms with E-state index in [1.54, 1.807) is 0 Å². The molecule has 104 valence electrons. The van der Waals surface area contributed by atoms with Gasteiger partial charge in [0.1, 0.15) is 5.75 Å². The number of hydrogen-bond donors (Lipinski definition) is 1. The lowest BCUT2D eigenvalue weighted by Crippen LogP contribution is -2.57. The van der Waals surface area contributed by atoms with Gasteiger partial charge in [0.05, 0.1) is 0 Å². The predicted octanol–water partition coefficient (Wildman–Crippen LogP) is 3.33. The molecule has 2 bridgehead atoms. The monoisotopic (exact) mass is 259 g/mol. The summed E-state index contributed by atoms with van der Waals surface area (Å²) in [5.41, 5.74) is 3.19. The molecule has 0 radical (unpaired) electrons. The van der Waals surface area contributed by atoms with E-state index in [2.05, 4.69) is 31.9 Å². The minimum Gasteiger partial charge on any atom is -0.508 e. The Morgan fingerprint density at radius 2 is 2.21 bits per heavy atom. The third kappa shape index (κ3) is 1.80. The highest BCUT2D eigenvalue weighted by Gasteiger charge is 2.49. The Labute approximate surface area is 116 Å². The van der Waals surface area contributed by atoms with Gasteiger partial charge in [0.25, 0.3) is 0 Å². The molecule has 1 heterocycles. The number of rotatable bonds is 2. The molecule has 0 unspecified atom stereocenters. The molecule has 1 fully saturated rings. The molecule has 2 aliphatic rings. The van der Waals surface area contributed by atoms with Gasteiger partial charge in [-0.15, -0.1) is 0 Å². The molecule has 0 saturated carbocycles. The average Bonchev–Trinajstić information content (AvgIpc) is 2.38. The van der Waals surface area contributed by atoms with Gasteiger partial charge in [0.15, 0.2) is 0 Å². The van der Waals surface area contributed by atoms with Crippen LogP contribution in [0.1, 0.15) is 44.2 Å². The summed E-state index contributed by atoms with van der Waals surface area (Å²) in [5, 5.41) is 9.90. The van der Waals surface area contributed by atoms with Crippen LogP contribution in [0.4, 0.5) is 0 Å². The minimum absolute atomic E-state index is 0.290. The standard InChI is InChI=1S/C17H25NO/c1-4-7-17-8-9-18(3)16(12(17)2)10-13-5-6-14(19)11-15(13)17/h5-6,11-12,16,19H,4,7-10H2,1-3H3/t12-,16-,17-/m0/s1. The highest BCUT2D eigenvalue weighted by Crippen LogP contribution is 2.51. The number of hydrogen-bond acceptors (Lipinski definition) is 2. The number of likely N-dealkylation sites (tertiary alicyclic amines) is 1. The van der Waals surface area contributed by atoms with Gasteiger partial charge in [-0.2, -0.15) is 0 Å². The Hall–Kier alpha value is -1.02. The van der Waals surface area contributed by atoms with Crippen LogP contribution in [0.25, 0.3) is 0 Å². The Bertz CT molecular complexity index is 484. The van der Waals surface area contributed by atoms with Gasteiger partial charge < -0.3 is 10.0 Å². The second kappa shape index (κ2) is 4.52. The van der Waals surface area contributed by atoms with Crippen molar-refractivity contribution in [3.63, 3.8) is 0 Å². The van der Waals surface area contributed by atoms with Crippen molar-refractivity contribution < 1.29 is 5.11 Å². The number of nitrogens with zero attached hydrogens (tertiary/aromatic N) is 1. The van der Waals surface area contributed by atoms with Crippen molar-refractivity contribution in [1.29, 1.82) is 0 Å². The number of piperidine rings is 1. The van der Waals surface area contributed by atoms with Crippen LogP contribution in [-0.2, 0) is 11.8 Å². The molecule has 1 N–H and O–H groups in total. The average molecular weight is 259 g/mol. The van der Waals surface area contributed by atoms with Gasteiger partial charge in [0.2, 0.25) is 0 Å². The molecular weight excluding hydrogens is 234 g/mol.